The van der Waals surface area contributed by atoms with Crippen LogP contribution in [0.25, 0.3) is 0 Å². The van der Waals surface area contributed by atoms with Crippen LogP contribution in [0.3, 0.4) is 0 Å². The van der Waals surface area contributed by atoms with Crippen molar-refractivity contribution >= 4 is 5.78 Å². The predicted octanol–water partition coefficient (Wildman–Crippen LogP) is 4.27. The highest BCUT2D eigenvalue weighted by Crippen LogP contribution is 2.38. The monoisotopic (exact) mass is 310 g/mol. The van der Waals surface area contributed by atoms with Gasteiger partial charge in [-0.05, 0) is 23.8 Å². The van der Waals surface area contributed by atoms with E-state index < -0.39 is 35.4 Å². The fraction of sp³-hybridized carbons (Fsp3) is 0.308. The Kier molecular flexibility index (Phi) is 3.73. The van der Waals surface area contributed by atoms with Crippen molar-refractivity contribution in [3.63, 3.8) is 0 Å². The van der Waals surface area contributed by atoms with E-state index in [9.17, 15) is 31.1 Å². The molecule has 0 N–H and O–H groups in total. The molecule has 0 aliphatic carbocycles. The molecule has 1 aromatic rings. The number of alkyl halides is 6. The van der Waals surface area contributed by atoms with Crippen molar-refractivity contribution in [3.8, 4) is 0 Å². The Hall–Kier alpha value is -1.99. The summed E-state index contributed by atoms with van der Waals surface area (Å²) in [7, 11) is 0. The molecule has 2 nitrogen and oxygen atoms in total. The van der Waals surface area contributed by atoms with Crippen molar-refractivity contribution in [1.29, 1.82) is 0 Å². The van der Waals surface area contributed by atoms with Gasteiger partial charge in [0.25, 0.3) is 0 Å². The van der Waals surface area contributed by atoms with Crippen molar-refractivity contribution in [2.75, 3.05) is 0 Å². The summed E-state index contributed by atoms with van der Waals surface area (Å²) in [6.07, 6.45) is -9.30. The number of hydrogen-bond acceptors (Lipinski definition) is 2. The van der Waals surface area contributed by atoms with Gasteiger partial charge < -0.3 is 4.74 Å². The lowest BCUT2D eigenvalue weighted by atomic mass is 9.97. The molecule has 0 saturated heterocycles. The average molecular weight is 310 g/mol. The summed E-state index contributed by atoms with van der Waals surface area (Å²) in [6.45, 7) is 0. The average Bonchev–Trinajstić information content (AvgIpc) is 2.36. The summed E-state index contributed by atoms with van der Waals surface area (Å²) >= 11 is 0. The number of ether oxygens (including phenoxy) is 1. The minimum Gasteiger partial charge on any atom is -0.493 e. The van der Waals surface area contributed by atoms with E-state index in [-0.39, 0.29) is 18.1 Å². The van der Waals surface area contributed by atoms with Crippen LogP contribution in [-0.2, 0) is 21.9 Å². The Morgan fingerprint density at radius 3 is 1.90 bits per heavy atom. The van der Waals surface area contributed by atoms with Crippen molar-refractivity contribution < 1.29 is 35.9 Å². The van der Waals surface area contributed by atoms with Crippen LogP contribution in [0.2, 0.25) is 0 Å². The van der Waals surface area contributed by atoms with E-state index in [0.29, 0.717) is 12.1 Å². The fourth-order valence-corrected chi connectivity index (χ4v) is 1.87. The lowest BCUT2D eigenvalue weighted by molar-refractivity contribution is -0.143. The molecule has 0 spiro atoms. The van der Waals surface area contributed by atoms with Crippen LogP contribution >= 0.6 is 0 Å². The first kappa shape index (κ1) is 15.4. The van der Waals surface area contributed by atoms with Crippen molar-refractivity contribution in [3.05, 3.63) is 47.2 Å². The van der Waals surface area contributed by atoms with Gasteiger partial charge in [-0.3, -0.25) is 4.79 Å². The largest absolute Gasteiger partial charge is 0.493 e. The maximum atomic E-state index is 12.7. The molecule has 1 heterocycles. The first-order valence-corrected chi connectivity index (χ1v) is 5.71. The van der Waals surface area contributed by atoms with Crippen LogP contribution in [0.4, 0.5) is 26.3 Å². The van der Waals surface area contributed by atoms with E-state index >= 15 is 0 Å². The lowest BCUT2D eigenvalue weighted by Gasteiger charge is -2.21. The van der Waals surface area contributed by atoms with Crippen LogP contribution < -0.4 is 0 Å². The molecule has 21 heavy (non-hydrogen) atoms. The normalized spacial score (nSPS) is 19.5. The van der Waals surface area contributed by atoms with Gasteiger partial charge in [0, 0.05) is 6.08 Å². The summed E-state index contributed by atoms with van der Waals surface area (Å²) in [5, 5.41) is 0. The predicted molar refractivity (Wildman–Crippen MR) is 59.0 cm³/mol. The number of carbonyl (C=O) groups excluding carboxylic acids is 1. The molecule has 0 amide bonds. The summed E-state index contributed by atoms with van der Waals surface area (Å²) in [4.78, 5) is 11.2. The Morgan fingerprint density at radius 2 is 1.48 bits per heavy atom. The van der Waals surface area contributed by atoms with Crippen LogP contribution in [0, 0.1) is 0 Å². The van der Waals surface area contributed by atoms with Gasteiger partial charge in [-0.2, -0.15) is 26.3 Å². The number of benzene rings is 1. The van der Waals surface area contributed by atoms with Gasteiger partial charge in [-0.1, -0.05) is 0 Å². The van der Waals surface area contributed by atoms with Gasteiger partial charge in [-0.25, -0.2) is 0 Å². The first-order valence-electron chi connectivity index (χ1n) is 5.71. The molecular weight excluding hydrogens is 302 g/mol. The van der Waals surface area contributed by atoms with Crippen molar-refractivity contribution in [2.24, 2.45) is 0 Å². The fourth-order valence-electron chi connectivity index (χ4n) is 1.87. The third-order valence-electron chi connectivity index (χ3n) is 2.87. The molecule has 114 valence electrons. The topological polar surface area (TPSA) is 26.3 Å². The summed E-state index contributed by atoms with van der Waals surface area (Å²) in [5.74, 6) is -0.433. The maximum Gasteiger partial charge on any atom is 0.416 e. The number of carbonyl (C=O) groups is 1. The molecule has 0 saturated carbocycles. The highest BCUT2D eigenvalue weighted by molar-refractivity contribution is 5.90. The molecule has 1 atom stereocenters. The Labute approximate surface area is 115 Å². The van der Waals surface area contributed by atoms with Gasteiger partial charge >= 0.3 is 12.4 Å². The van der Waals surface area contributed by atoms with Crippen LogP contribution in [0.15, 0.2) is 30.5 Å². The summed E-state index contributed by atoms with van der Waals surface area (Å²) < 4.78 is 81.1. The van der Waals surface area contributed by atoms with Crippen molar-refractivity contribution in [2.45, 2.75) is 24.9 Å². The van der Waals surface area contributed by atoms with E-state index in [1.807, 2.05) is 0 Å². The van der Waals surface area contributed by atoms with Gasteiger partial charge in [-0.15, -0.1) is 0 Å². The molecule has 1 aromatic carbocycles. The number of allylic oxidation sites excluding steroid dienone is 1. The molecular formula is C13H8F6O2. The Morgan fingerprint density at radius 1 is 0.952 bits per heavy atom. The number of ketones is 1. The van der Waals surface area contributed by atoms with E-state index in [1.54, 1.807) is 0 Å². The molecule has 8 heteroatoms. The number of rotatable bonds is 1. The Balaban J connectivity index is 2.50. The maximum absolute atomic E-state index is 12.7. The molecule has 0 bridgehead atoms. The molecule has 0 aromatic heterocycles. The highest BCUT2D eigenvalue weighted by Gasteiger charge is 2.38. The zero-order valence-corrected chi connectivity index (χ0v) is 10.3. The van der Waals surface area contributed by atoms with Gasteiger partial charge in [0.2, 0.25) is 0 Å². The highest BCUT2D eigenvalue weighted by atomic mass is 19.4. The second-order valence-corrected chi connectivity index (χ2v) is 4.44. The van der Waals surface area contributed by atoms with E-state index in [0.717, 1.165) is 12.3 Å². The third kappa shape index (κ3) is 3.56. The molecule has 0 fully saturated rings. The summed E-state index contributed by atoms with van der Waals surface area (Å²) in [5.41, 5.74) is -3.20. The number of hydrogen-bond donors (Lipinski definition) is 0. The Bertz CT molecular complexity index is 553. The van der Waals surface area contributed by atoms with Gasteiger partial charge in [0.05, 0.1) is 23.8 Å². The van der Waals surface area contributed by atoms with E-state index in [4.69, 9.17) is 4.74 Å². The van der Waals surface area contributed by atoms with E-state index in [2.05, 4.69) is 0 Å². The SMILES string of the molecule is O=C1C=COC(c2cc(C(F)(F)F)cc(C(F)(F)F)c2)C1. The summed E-state index contributed by atoms with van der Waals surface area (Å²) in [6, 6.07) is 1.16. The number of halogens is 6. The second-order valence-electron chi connectivity index (χ2n) is 4.44. The van der Waals surface area contributed by atoms with E-state index in [1.165, 1.54) is 0 Å². The smallest absolute Gasteiger partial charge is 0.416 e. The first-order chi connectivity index (χ1) is 9.57. The second kappa shape index (κ2) is 5.09. The minimum absolute atomic E-state index is 0.0317. The molecule has 1 aliphatic heterocycles. The quantitative estimate of drug-likeness (QED) is 0.724. The minimum atomic E-state index is -4.93. The standard InChI is InChI=1S/C13H8F6O2/c14-12(15,16)8-3-7(4-9(5-8)13(17,18)19)11-6-10(20)1-2-21-11/h1-5,11H,6H2. The zero-order chi connectivity index (χ0) is 15.8. The zero-order valence-electron chi connectivity index (χ0n) is 10.3. The van der Waals surface area contributed by atoms with Crippen LogP contribution in [-0.4, -0.2) is 5.78 Å². The van der Waals surface area contributed by atoms with Crippen molar-refractivity contribution in [1.82, 2.24) is 0 Å². The van der Waals surface area contributed by atoms with Gasteiger partial charge in [0.1, 0.15) is 6.10 Å². The van der Waals surface area contributed by atoms with Crippen LogP contribution in [0.5, 0.6) is 0 Å². The molecule has 1 unspecified atom stereocenters. The third-order valence-corrected chi connectivity index (χ3v) is 2.87. The molecule has 0 radical (unpaired) electrons. The molecule has 1 aliphatic rings. The lowest BCUT2D eigenvalue weighted by Crippen LogP contribution is -2.16. The van der Waals surface area contributed by atoms with Crippen LogP contribution in [0.1, 0.15) is 29.2 Å². The molecule has 2 rings (SSSR count). The van der Waals surface area contributed by atoms with Gasteiger partial charge in [0.15, 0.2) is 5.78 Å².